The summed E-state index contributed by atoms with van der Waals surface area (Å²) in [5.41, 5.74) is 3.07. The number of aromatic carboxylic acids is 1. The highest BCUT2D eigenvalue weighted by atomic mass is 35.5. The average Bonchev–Trinajstić information content (AvgIpc) is 3.72. The summed E-state index contributed by atoms with van der Waals surface area (Å²) in [7, 11) is 0. The van der Waals surface area contributed by atoms with E-state index in [2.05, 4.69) is 31.0 Å². The quantitative estimate of drug-likeness (QED) is 0.241. The van der Waals surface area contributed by atoms with Crippen LogP contribution >= 0.6 is 11.6 Å². The summed E-state index contributed by atoms with van der Waals surface area (Å²) in [4.78, 5) is 23.1. The maximum atomic E-state index is 14.1. The van der Waals surface area contributed by atoms with Gasteiger partial charge in [-0.05, 0) is 49.6 Å². The lowest BCUT2D eigenvalue weighted by Gasteiger charge is -2.31. The molecule has 42 heavy (non-hydrogen) atoms. The number of ether oxygens (including phenoxy) is 1. The van der Waals surface area contributed by atoms with Gasteiger partial charge in [-0.2, -0.15) is 0 Å². The second-order valence-corrected chi connectivity index (χ2v) is 10.9. The third-order valence-corrected chi connectivity index (χ3v) is 8.03. The molecule has 5 aromatic rings. The van der Waals surface area contributed by atoms with Gasteiger partial charge in [-0.1, -0.05) is 23.7 Å². The Balaban J connectivity index is 1.13. The van der Waals surface area contributed by atoms with E-state index in [4.69, 9.17) is 21.3 Å². The van der Waals surface area contributed by atoms with Crippen LogP contribution in [0.5, 0.6) is 5.88 Å². The number of rotatable bonds is 10. The van der Waals surface area contributed by atoms with E-state index in [0.29, 0.717) is 29.6 Å². The molecule has 0 aliphatic carbocycles. The molecule has 1 fully saturated rings. The van der Waals surface area contributed by atoms with Crippen molar-refractivity contribution in [2.75, 3.05) is 13.1 Å². The Morgan fingerprint density at radius 1 is 1.14 bits per heavy atom. The fourth-order valence-corrected chi connectivity index (χ4v) is 5.62. The van der Waals surface area contributed by atoms with Crippen LogP contribution in [-0.4, -0.2) is 52.8 Å². The third-order valence-electron chi connectivity index (χ3n) is 7.79. The molecule has 1 aliphatic heterocycles. The Kier molecular flexibility index (Phi) is 7.94. The molecule has 218 valence electrons. The molecular formula is C30H30ClFN7O3-. The first-order chi connectivity index (χ1) is 20.4. The van der Waals surface area contributed by atoms with Gasteiger partial charge in [-0.15, -0.1) is 5.10 Å². The molecule has 0 N–H and O–H groups in total. The molecule has 1 saturated heterocycles. The van der Waals surface area contributed by atoms with Gasteiger partial charge in [0.25, 0.3) is 0 Å². The van der Waals surface area contributed by atoms with E-state index in [-0.39, 0.29) is 18.2 Å². The van der Waals surface area contributed by atoms with Crippen LogP contribution in [0.15, 0.2) is 61.2 Å². The number of carboxylic acids is 1. The second-order valence-electron chi connectivity index (χ2n) is 10.4. The molecule has 10 nitrogen and oxygen atoms in total. The van der Waals surface area contributed by atoms with Crippen LogP contribution in [0, 0.1) is 5.82 Å². The highest BCUT2D eigenvalue weighted by molar-refractivity contribution is 6.30. The van der Waals surface area contributed by atoms with Gasteiger partial charge in [0, 0.05) is 48.7 Å². The van der Waals surface area contributed by atoms with Gasteiger partial charge in [0.1, 0.15) is 18.2 Å². The number of halogens is 2. The summed E-state index contributed by atoms with van der Waals surface area (Å²) in [5, 5.41) is 16.5. The number of fused-ring (bicyclic) bond motifs is 1. The smallest absolute Gasteiger partial charge is 0.233 e. The van der Waals surface area contributed by atoms with Crippen LogP contribution in [0.25, 0.3) is 11.0 Å². The van der Waals surface area contributed by atoms with Crippen molar-refractivity contribution in [3.05, 3.63) is 94.7 Å². The topological polar surface area (TPSA) is 106 Å². The monoisotopic (exact) mass is 590 g/mol. The second kappa shape index (κ2) is 11.9. The van der Waals surface area contributed by atoms with Crippen LogP contribution in [0.3, 0.4) is 0 Å². The predicted octanol–water partition coefficient (Wildman–Crippen LogP) is 4.07. The zero-order valence-corrected chi connectivity index (χ0v) is 23.9. The van der Waals surface area contributed by atoms with Crippen LogP contribution in [0.1, 0.15) is 53.2 Å². The Bertz CT molecular complexity index is 1720. The lowest BCUT2D eigenvalue weighted by Crippen LogP contribution is -2.35. The van der Waals surface area contributed by atoms with Crippen LogP contribution < -0.4 is 9.84 Å². The van der Waals surface area contributed by atoms with E-state index >= 15 is 0 Å². The normalized spacial score (nSPS) is 14.5. The third kappa shape index (κ3) is 5.88. The van der Waals surface area contributed by atoms with Crippen molar-refractivity contribution < 1.29 is 19.0 Å². The molecule has 0 amide bonds. The summed E-state index contributed by atoms with van der Waals surface area (Å²) in [6.45, 7) is 5.76. The number of aromatic nitrogens is 6. The molecule has 1 aliphatic rings. The first kappa shape index (κ1) is 27.9. The Labute approximate surface area is 246 Å². The van der Waals surface area contributed by atoms with E-state index in [0.717, 1.165) is 55.0 Å². The number of piperidine rings is 1. The standard InChI is InChI=1S/C30H31ClFN7O3/c1-2-37-19-33-15-24(37)16-38-27-13-20(30(40)41)4-6-26(27)34-28(38)17-36-10-7-23(8-11-36)39-12-9-29(35-39)42-18-21-3-5-22(31)14-25(21)32/h3-6,9,12-15,19,23H,2,7-8,10-11,16-18H2,1H3,(H,40,41)/p-1. The predicted molar refractivity (Wildman–Crippen MR) is 153 cm³/mol. The molecule has 6 rings (SSSR count). The van der Waals surface area contributed by atoms with Gasteiger partial charge in [0.2, 0.25) is 5.88 Å². The molecule has 0 spiro atoms. The van der Waals surface area contributed by atoms with Crippen molar-refractivity contribution in [1.82, 2.24) is 33.8 Å². The number of carbonyl (C=O) groups is 1. The summed E-state index contributed by atoms with van der Waals surface area (Å²) in [6, 6.07) is 11.4. The Morgan fingerprint density at radius 3 is 2.74 bits per heavy atom. The van der Waals surface area contributed by atoms with Crippen molar-refractivity contribution in [2.45, 2.75) is 52.0 Å². The summed E-state index contributed by atoms with van der Waals surface area (Å²) in [6.07, 6.45) is 7.32. The Hall–Kier alpha value is -4.22. The molecule has 0 radical (unpaired) electrons. The highest BCUT2D eigenvalue weighted by Crippen LogP contribution is 2.27. The van der Waals surface area contributed by atoms with E-state index in [1.54, 1.807) is 36.7 Å². The van der Waals surface area contributed by atoms with Gasteiger partial charge in [-0.3, -0.25) is 9.58 Å². The number of hydrogen-bond donors (Lipinski definition) is 0. The number of likely N-dealkylation sites (tertiary alicyclic amines) is 1. The van der Waals surface area contributed by atoms with Crippen molar-refractivity contribution in [3.8, 4) is 5.88 Å². The zero-order chi connectivity index (χ0) is 29.2. The van der Waals surface area contributed by atoms with E-state index in [9.17, 15) is 14.3 Å². The summed E-state index contributed by atoms with van der Waals surface area (Å²) >= 11 is 5.83. The summed E-state index contributed by atoms with van der Waals surface area (Å²) in [5.74, 6) is -0.302. The molecule has 0 bridgehead atoms. The van der Waals surface area contributed by atoms with Crippen molar-refractivity contribution in [3.63, 3.8) is 0 Å². The molecular weight excluding hydrogens is 561 g/mol. The molecule has 0 unspecified atom stereocenters. The van der Waals surface area contributed by atoms with Gasteiger partial charge in [0.05, 0.1) is 48.2 Å². The number of carbonyl (C=O) groups excluding carboxylic acids is 1. The minimum atomic E-state index is -1.21. The maximum absolute atomic E-state index is 14.1. The highest BCUT2D eigenvalue weighted by Gasteiger charge is 2.24. The average molecular weight is 591 g/mol. The number of imidazole rings is 2. The van der Waals surface area contributed by atoms with Crippen molar-refractivity contribution in [2.24, 2.45) is 0 Å². The number of nitrogens with zero attached hydrogens (tertiary/aromatic N) is 7. The SMILES string of the molecule is CCn1cncc1Cn1c(CN2CCC(n3ccc(OCc4ccc(Cl)cc4F)n3)CC2)nc2ccc(C(=O)[O-])cc21. The maximum Gasteiger partial charge on any atom is 0.233 e. The zero-order valence-electron chi connectivity index (χ0n) is 23.1. The van der Waals surface area contributed by atoms with E-state index in [1.165, 1.54) is 12.1 Å². The minimum Gasteiger partial charge on any atom is -0.545 e. The van der Waals surface area contributed by atoms with E-state index < -0.39 is 11.8 Å². The van der Waals surface area contributed by atoms with E-state index in [1.807, 2.05) is 17.1 Å². The Morgan fingerprint density at radius 2 is 1.98 bits per heavy atom. The molecule has 3 aromatic heterocycles. The molecule has 0 atom stereocenters. The van der Waals surface area contributed by atoms with Crippen molar-refractivity contribution in [1.29, 1.82) is 0 Å². The fraction of sp³-hybridized carbons (Fsp3) is 0.333. The van der Waals surface area contributed by atoms with Crippen molar-refractivity contribution >= 4 is 28.6 Å². The van der Waals surface area contributed by atoms with Gasteiger partial charge in [0.15, 0.2) is 0 Å². The number of aryl methyl sites for hydroxylation is 1. The summed E-state index contributed by atoms with van der Waals surface area (Å²) < 4.78 is 25.9. The van der Waals surface area contributed by atoms with Gasteiger partial charge >= 0.3 is 0 Å². The first-order valence-corrected chi connectivity index (χ1v) is 14.3. The van der Waals surface area contributed by atoms with Crippen LogP contribution in [-0.2, 0) is 26.2 Å². The van der Waals surface area contributed by atoms with Crippen LogP contribution in [0.2, 0.25) is 5.02 Å². The number of hydrogen-bond acceptors (Lipinski definition) is 7. The number of benzene rings is 2. The van der Waals surface area contributed by atoms with Crippen LogP contribution in [0.4, 0.5) is 4.39 Å². The largest absolute Gasteiger partial charge is 0.545 e. The molecule has 4 heterocycles. The molecule has 12 heteroatoms. The molecule has 2 aromatic carbocycles. The van der Waals surface area contributed by atoms with Gasteiger partial charge in [-0.25, -0.2) is 14.4 Å². The lowest BCUT2D eigenvalue weighted by atomic mass is 10.1. The van der Waals surface area contributed by atoms with Gasteiger partial charge < -0.3 is 23.8 Å². The fourth-order valence-electron chi connectivity index (χ4n) is 5.46. The first-order valence-electron chi connectivity index (χ1n) is 13.9. The lowest BCUT2D eigenvalue weighted by molar-refractivity contribution is -0.255. The number of carboxylic acid groups (broad SMARTS) is 1. The molecule has 0 saturated carbocycles. The minimum absolute atomic E-state index is 0.0724.